The van der Waals surface area contributed by atoms with Crippen LogP contribution in [0, 0.1) is 0 Å². The van der Waals surface area contributed by atoms with Crippen LogP contribution in [0.4, 0.5) is 17.7 Å². The Morgan fingerprint density at radius 2 is 1.91 bits per heavy atom. The van der Waals surface area contributed by atoms with Crippen LogP contribution < -0.4 is 15.5 Å². The van der Waals surface area contributed by atoms with Crippen LogP contribution in [0.3, 0.4) is 0 Å². The summed E-state index contributed by atoms with van der Waals surface area (Å²) in [5, 5.41) is 10.5. The number of nitrogen functional groups attached to an aromatic ring is 1. The van der Waals surface area contributed by atoms with Crippen molar-refractivity contribution in [2.45, 2.75) is 51.2 Å². The third kappa shape index (κ3) is 4.27. The molecule has 2 saturated heterocycles. The zero-order chi connectivity index (χ0) is 24.8. The smallest absolute Gasteiger partial charge is 0.254 e. The van der Waals surface area contributed by atoms with Gasteiger partial charge in [0.05, 0.1) is 24.4 Å². The molecule has 2 aromatic heterocycles. The molecule has 1 amide bonds. The maximum absolute atomic E-state index is 13.0. The van der Waals surface area contributed by atoms with Crippen LogP contribution in [0.25, 0.3) is 11.3 Å². The quantitative estimate of drug-likeness (QED) is 0.632. The average Bonchev–Trinajstić information content (AvgIpc) is 3.49. The zero-order valence-corrected chi connectivity index (χ0v) is 20.7. The van der Waals surface area contributed by atoms with E-state index in [0.29, 0.717) is 38.7 Å². The Bertz CT molecular complexity index is 1100. The molecule has 3 aliphatic heterocycles. The van der Waals surface area contributed by atoms with Crippen molar-refractivity contribution in [3.05, 3.63) is 18.0 Å². The van der Waals surface area contributed by atoms with Gasteiger partial charge in [0.25, 0.3) is 5.91 Å². The molecule has 5 rings (SSSR count). The normalized spacial score (nSPS) is 23.9. The number of likely N-dealkylation sites (tertiary alicyclic amines) is 1. The van der Waals surface area contributed by atoms with Crippen LogP contribution in [-0.4, -0.2) is 92.9 Å². The summed E-state index contributed by atoms with van der Waals surface area (Å²) in [6, 6.07) is 0. The largest absolute Gasteiger partial charge is 0.380 e. The monoisotopic (exact) mass is 482 g/mol. The molecule has 11 nitrogen and oxygen atoms in total. The first-order valence-corrected chi connectivity index (χ1v) is 12.3. The van der Waals surface area contributed by atoms with E-state index in [9.17, 15) is 9.90 Å². The molecule has 2 fully saturated rings. The summed E-state index contributed by atoms with van der Waals surface area (Å²) in [7, 11) is 0. The maximum atomic E-state index is 13.0. The van der Waals surface area contributed by atoms with E-state index in [2.05, 4.69) is 26.7 Å². The number of carbonyl (C=O) groups excluding carboxylic acids is 1. The maximum Gasteiger partial charge on any atom is 0.254 e. The number of anilines is 3. The van der Waals surface area contributed by atoms with Crippen molar-refractivity contribution < 1.29 is 14.6 Å². The third-order valence-electron chi connectivity index (χ3n) is 7.59. The molecule has 188 valence electrons. The van der Waals surface area contributed by atoms with E-state index in [1.807, 2.05) is 6.92 Å². The number of aliphatic hydroxyl groups is 1. The van der Waals surface area contributed by atoms with Crippen molar-refractivity contribution in [2.24, 2.45) is 0 Å². The average molecular weight is 483 g/mol. The Labute approximate surface area is 205 Å². The number of nitrogens with zero attached hydrogens (tertiary/aromatic N) is 7. The zero-order valence-electron chi connectivity index (χ0n) is 20.7. The van der Waals surface area contributed by atoms with Gasteiger partial charge in [-0.3, -0.25) is 4.79 Å². The van der Waals surface area contributed by atoms with Gasteiger partial charge in [0.1, 0.15) is 11.4 Å². The molecule has 2 aromatic rings. The highest BCUT2D eigenvalue weighted by atomic mass is 16.5. The fraction of sp³-hybridized carbons (Fsp3) is 0.625. The van der Waals surface area contributed by atoms with Crippen LogP contribution >= 0.6 is 0 Å². The molecule has 35 heavy (non-hydrogen) atoms. The van der Waals surface area contributed by atoms with E-state index in [-0.39, 0.29) is 17.4 Å². The first kappa shape index (κ1) is 23.7. The SMILES string of the molecule is CCC(C)(O)C(=O)N1CC[C@](C)(N2CCc3c(-c4cnc(N)nc4)nc(N4CCOCC4)nc32)C1. The summed E-state index contributed by atoms with van der Waals surface area (Å²) in [6.45, 7) is 10.3. The Balaban J connectivity index is 1.52. The van der Waals surface area contributed by atoms with Crippen LogP contribution in [0.15, 0.2) is 12.4 Å². The highest BCUT2D eigenvalue weighted by Crippen LogP contribution is 2.41. The Morgan fingerprint density at radius 3 is 2.60 bits per heavy atom. The minimum absolute atomic E-state index is 0.209. The fourth-order valence-corrected chi connectivity index (χ4v) is 5.20. The summed E-state index contributed by atoms with van der Waals surface area (Å²) in [5.74, 6) is 1.57. The molecule has 5 heterocycles. The van der Waals surface area contributed by atoms with E-state index in [0.717, 1.165) is 55.1 Å². The fourth-order valence-electron chi connectivity index (χ4n) is 5.20. The predicted octanol–water partition coefficient (Wildman–Crippen LogP) is 0.867. The van der Waals surface area contributed by atoms with E-state index in [4.69, 9.17) is 20.4 Å². The summed E-state index contributed by atoms with van der Waals surface area (Å²) in [6.07, 6.45) is 5.39. The first-order valence-electron chi connectivity index (χ1n) is 12.3. The van der Waals surface area contributed by atoms with Gasteiger partial charge in [0.2, 0.25) is 11.9 Å². The van der Waals surface area contributed by atoms with Crippen molar-refractivity contribution in [2.75, 3.05) is 61.5 Å². The second-order valence-electron chi connectivity index (χ2n) is 10.1. The molecular weight excluding hydrogens is 448 g/mol. The van der Waals surface area contributed by atoms with Crippen LogP contribution in [0.2, 0.25) is 0 Å². The van der Waals surface area contributed by atoms with Gasteiger partial charge in [-0.05, 0) is 33.1 Å². The molecule has 1 unspecified atom stereocenters. The lowest BCUT2D eigenvalue weighted by atomic mass is 9.99. The van der Waals surface area contributed by atoms with Crippen molar-refractivity contribution >= 4 is 23.6 Å². The molecular formula is C24H34N8O3. The molecule has 11 heteroatoms. The molecule has 0 spiro atoms. The van der Waals surface area contributed by atoms with E-state index < -0.39 is 5.60 Å². The number of hydrogen-bond donors (Lipinski definition) is 2. The van der Waals surface area contributed by atoms with Gasteiger partial charge >= 0.3 is 0 Å². The Kier molecular flexibility index (Phi) is 6.00. The summed E-state index contributed by atoms with van der Waals surface area (Å²) < 4.78 is 5.53. The standard InChI is InChI=1S/C24H34N8O3/c1-4-24(3,34)20(33)31-8-6-23(2,15-31)32-7-5-17-18(16-13-26-21(25)27-14-16)28-22(29-19(17)32)30-9-11-35-12-10-30/h13-14,34H,4-12,15H2,1-3H3,(H2,25,26,27)/t23-,24?/m0/s1. The Hall–Kier alpha value is -3.05. The Morgan fingerprint density at radius 1 is 1.20 bits per heavy atom. The molecule has 0 aromatic carbocycles. The van der Waals surface area contributed by atoms with Gasteiger partial charge in [-0.25, -0.2) is 15.0 Å². The highest BCUT2D eigenvalue weighted by molar-refractivity contribution is 5.85. The number of morpholine rings is 1. The molecule has 0 aliphatic carbocycles. The minimum atomic E-state index is -1.35. The second-order valence-corrected chi connectivity index (χ2v) is 10.1. The van der Waals surface area contributed by atoms with Gasteiger partial charge in [0.15, 0.2) is 0 Å². The number of aromatic nitrogens is 4. The van der Waals surface area contributed by atoms with Gasteiger partial charge in [-0.1, -0.05) is 6.92 Å². The lowest BCUT2D eigenvalue weighted by molar-refractivity contribution is -0.148. The molecule has 3 aliphatic rings. The molecule has 2 atom stereocenters. The number of rotatable bonds is 5. The third-order valence-corrected chi connectivity index (χ3v) is 7.59. The lowest BCUT2D eigenvalue weighted by Gasteiger charge is -2.38. The topological polar surface area (TPSA) is 134 Å². The number of nitrogens with two attached hydrogens (primary N) is 1. The second kappa shape index (κ2) is 8.87. The molecule has 0 radical (unpaired) electrons. The van der Waals surface area contributed by atoms with Crippen molar-refractivity contribution in [1.29, 1.82) is 0 Å². The molecule has 0 saturated carbocycles. The summed E-state index contributed by atoms with van der Waals surface area (Å²) in [4.78, 5) is 37.6. The van der Waals surface area contributed by atoms with Crippen molar-refractivity contribution in [1.82, 2.24) is 24.8 Å². The lowest BCUT2D eigenvalue weighted by Crippen LogP contribution is -2.51. The number of carbonyl (C=O) groups is 1. The van der Waals surface area contributed by atoms with Crippen LogP contribution in [-0.2, 0) is 16.0 Å². The van der Waals surface area contributed by atoms with Crippen LogP contribution in [0.5, 0.6) is 0 Å². The van der Waals surface area contributed by atoms with Gasteiger partial charge in [-0.2, -0.15) is 4.98 Å². The van der Waals surface area contributed by atoms with E-state index in [1.165, 1.54) is 0 Å². The summed E-state index contributed by atoms with van der Waals surface area (Å²) >= 11 is 0. The number of fused-ring (bicyclic) bond motifs is 1. The van der Waals surface area contributed by atoms with Gasteiger partial charge < -0.3 is 30.3 Å². The van der Waals surface area contributed by atoms with Crippen molar-refractivity contribution in [3.63, 3.8) is 0 Å². The summed E-state index contributed by atoms with van der Waals surface area (Å²) in [5.41, 5.74) is 6.77. The van der Waals surface area contributed by atoms with E-state index in [1.54, 1.807) is 24.2 Å². The first-order chi connectivity index (χ1) is 16.7. The molecule has 3 N–H and O–H groups in total. The van der Waals surface area contributed by atoms with Gasteiger partial charge in [-0.15, -0.1) is 0 Å². The number of ether oxygens (including phenoxy) is 1. The minimum Gasteiger partial charge on any atom is -0.380 e. The van der Waals surface area contributed by atoms with Gasteiger partial charge in [0, 0.05) is 56.2 Å². The highest BCUT2D eigenvalue weighted by Gasteiger charge is 2.47. The van der Waals surface area contributed by atoms with Crippen LogP contribution in [0.1, 0.15) is 39.2 Å². The molecule has 0 bridgehead atoms. The van der Waals surface area contributed by atoms with E-state index >= 15 is 0 Å². The number of amides is 1. The van der Waals surface area contributed by atoms with Crippen molar-refractivity contribution in [3.8, 4) is 11.3 Å². The number of hydrogen-bond acceptors (Lipinski definition) is 10. The predicted molar refractivity (Wildman–Crippen MR) is 132 cm³/mol.